The summed E-state index contributed by atoms with van der Waals surface area (Å²) in [5.41, 5.74) is 5.39. The first-order chi connectivity index (χ1) is 6.74. The van der Waals surface area contributed by atoms with Crippen LogP contribution < -0.4 is 5.73 Å². The minimum atomic E-state index is -0.0367. The summed E-state index contributed by atoms with van der Waals surface area (Å²) in [4.78, 5) is 11.5. The van der Waals surface area contributed by atoms with Crippen LogP contribution in [-0.4, -0.2) is 18.6 Å². The molecule has 1 saturated carbocycles. The van der Waals surface area contributed by atoms with Gasteiger partial charge in [0.15, 0.2) is 0 Å². The smallest absolute Gasteiger partial charge is 0.308 e. The number of carbonyl (C=O) groups is 1. The van der Waals surface area contributed by atoms with Crippen molar-refractivity contribution in [3.05, 3.63) is 0 Å². The van der Waals surface area contributed by atoms with Crippen molar-refractivity contribution in [2.75, 3.05) is 6.54 Å². The Morgan fingerprint density at radius 2 is 2.14 bits per heavy atom. The molecule has 0 aromatic carbocycles. The Morgan fingerprint density at radius 3 is 2.71 bits per heavy atom. The Hall–Kier alpha value is -0.570. The Labute approximate surface area is 86.0 Å². The fraction of sp³-hybridized carbons (Fsp3) is 0.909. The molecular weight excluding hydrogens is 178 g/mol. The first-order valence-electron chi connectivity index (χ1n) is 5.64. The molecule has 1 unspecified atom stereocenters. The minimum Gasteiger partial charge on any atom is -0.462 e. The van der Waals surface area contributed by atoms with Crippen LogP contribution in [0.15, 0.2) is 0 Å². The fourth-order valence-corrected chi connectivity index (χ4v) is 1.83. The maximum atomic E-state index is 11.5. The molecule has 2 N–H and O–H groups in total. The summed E-state index contributed by atoms with van der Waals surface area (Å²) >= 11 is 0. The van der Waals surface area contributed by atoms with Gasteiger partial charge in [-0.05, 0) is 45.1 Å². The number of rotatable bonds is 5. The molecule has 0 amide bonds. The molecule has 0 spiro atoms. The van der Waals surface area contributed by atoms with Crippen LogP contribution in [0.2, 0.25) is 0 Å². The van der Waals surface area contributed by atoms with Crippen LogP contribution in [0.25, 0.3) is 0 Å². The maximum Gasteiger partial charge on any atom is 0.308 e. The maximum absolute atomic E-state index is 11.5. The molecule has 1 fully saturated rings. The van der Waals surface area contributed by atoms with E-state index in [2.05, 4.69) is 0 Å². The van der Waals surface area contributed by atoms with Crippen molar-refractivity contribution in [1.29, 1.82) is 0 Å². The van der Waals surface area contributed by atoms with Gasteiger partial charge < -0.3 is 10.5 Å². The molecule has 0 radical (unpaired) electrons. The van der Waals surface area contributed by atoms with Gasteiger partial charge in [0.2, 0.25) is 0 Å². The van der Waals surface area contributed by atoms with Crippen LogP contribution in [0, 0.1) is 5.92 Å². The molecule has 0 bridgehead atoms. The van der Waals surface area contributed by atoms with Gasteiger partial charge in [-0.1, -0.05) is 6.92 Å². The topological polar surface area (TPSA) is 52.3 Å². The molecule has 0 heterocycles. The summed E-state index contributed by atoms with van der Waals surface area (Å²) in [5.74, 6) is -0.0236. The molecule has 1 atom stereocenters. The van der Waals surface area contributed by atoms with Crippen molar-refractivity contribution in [2.45, 2.75) is 51.6 Å². The van der Waals surface area contributed by atoms with Crippen LogP contribution in [0.4, 0.5) is 0 Å². The second-order valence-corrected chi connectivity index (χ2v) is 4.18. The zero-order valence-electron chi connectivity index (χ0n) is 9.00. The summed E-state index contributed by atoms with van der Waals surface area (Å²) in [6.45, 7) is 2.58. The van der Waals surface area contributed by atoms with Crippen molar-refractivity contribution >= 4 is 5.97 Å². The van der Waals surface area contributed by atoms with E-state index in [1.165, 1.54) is 12.8 Å². The Morgan fingerprint density at radius 1 is 1.50 bits per heavy atom. The average Bonchev–Trinajstić information content (AvgIpc) is 2.66. The Kier molecular flexibility index (Phi) is 4.94. The second-order valence-electron chi connectivity index (χ2n) is 4.18. The van der Waals surface area contributed by atoms with E-state index in [0.29, 0.717) is 6.54 Å². The van der Waals surface area contributed by atoms with E-state index < -0.39 is 0 Å². The SMILES string of the molecule is CC(CCCN)C(=O)OC1CCCC1. The number of hydrogen-bond acceptors (Lipinski definition) is 3. The van der Waals surface area contributed by atoms with E-state index in [1.54, 1.807) is 0 Å². The monoisotopic (exact) mass is 199 g/mol. The largest absolute Gasteiger partial charge is 0.462 e. The van der Waals surface area contributed by atoms with Crippen LogP contribution in [0.1, 0.15) is 45.4 Å². The Balaban J connectivity index is 2.18. The van der Waals surface area contributed by atoms with Gasteiger partial charge >= 0.3 is 5.97 Å². The van der Waals surface area contributed by atoms with Gasteiger partial charge in [0, 0.05) is 0 Å². The quantitative estimate of drug-likeness (QED) is 0.687. The van der Waals surface area contributed by atoms with Gasteiger partial charge in [-0.3, -0.25) is 4.79 Å². The summed E-state index contributed by atoms with van der Waals surface area (Å²) in [7, 11) is 0. The lowest BCUT2D eigenvalue weighted by atomic mass is 10.1. The van der Waals surface area contributed by atoms with Crippen molar-refractivity contribution in [2.24, 2.45) is 11.7 Å². The molecule has 0 aliphatic heterocycles. The van der Waals surface area contributed by atoms with Crippen molar-refractivity contribution in [1.82, 2.24) is 0 Å². The second kappa shape index (κ2) is 6.02. The number of hydrogen-bond donors (Lipinski definition) is 1. The van der Waals surface area contributed by atoms with Gasteiger partial charge in [0.1, 0.15) is 6.10 Å². The first kappa shape index (κ1) is 11.5. The third-order valence-electron chi connectivity index (χ3n) is 2.83. The molecular formula is C11H21NO2. The summed E-state index contributed by atoms with van der Waals surface area (Å²) in [6, 6.07) is 0. The summed E-state index contributed by atoms with van der Waals surface area (Å²) < 4.78 is 5.39. The number of carbonyl (C=O) groups excluding carboxylic acids is 1. The van der Waals surface area contributed by atoms with Crippen LogP contribution in [-0.2, 0) is 9.53 Å². The zero-order valence-corrected chi connectivity index (χ0v) is 9.00. The van der Waals surface area contributed by atoms with E-state index in [-0.39, 0.29) is 18.0 Å². The molecule has 0 saturated heterocycles. The molecule has 3 heteroatoms. The van der Waals surface area contributed by atoms with E-state index in [4.69, 9.17) is 10.5 Å². The third kappa shape index (κ3) is 3.66. The van der Waals surface area contributed by atoms with Gasteiger partial charge in [-0.25, -0.2) is 0 Å². The van der Waals surface area contributed by atoms with Crippen LogP contribution >= 0.6 is 0 Å². The molecule has 1 aliphatic rings. The molecule has 0 aromatic rings. The highest BCUT2D eigenvalue weighted by Gasteiger charge is 2.22. The van der Waals surface area contributed by atoms with E-state index in [0.717, 1.165) is 25.7 Å². The van der Waals surface area contributed by atoms with E-state index >= 15 is 0 Å². The van der Waals surface area contributed by atoms with Gasteiger partial charge in [-0.15, -0.1) is 0 Å². The van der Waals surface area contributed by atoms with Gasteiger partial charge in [0.25, 0.3) is 0 Å². The number of ether oxygens (including phenoxy) is 1. The molecule has 3 nitrogen and oxygen atoms in total. The Bertz CT molecular complexity index is 176. The lowest BCUT2D eigenvalue weighted by molar-refractivity contribution is -0.153. The predicted octanol–water partition coefficient (Wildman–Crippen LogP) is 1.85. The lowest BCUT2D eigenvalue weighted by Gasteiger charge is -2.15. The lowest BCUT2D eigenvalue weighted by Crippen LogP contribution is -2.21. The number of nitrogens with two attached hydrogens (primary N) is 1. The molecule has 0 aromatic heterocycles. The minimum absolute atomic E-state index is 0.0131. The van der Waals surface area contributed by atoms with Gasteiger partial charge in [-0.2, -0.15) is 0 Å². The molecule has 1 aliphatic carbocycles. The van der Waals surface area contributed by atoms with Crippen LogP contribution in [0.5, 0.6) is 0 Å². The van der Waals surface area contributed by atoms with Crippen molar-refractivity contribution in [3.8, 4) is 0 Å². The highest BCUT2D eigenvalue weighted by Crippen LogP contribution is 2.22. The summed E-state index contributed by atoms with van der Waals surface area (Å²) in [6.07, 6.45) is 6.46. The fourth-order valence-electron chi connectivity index (χ4n) is 1.83. The standard InChI is InChI=1S/C11H21NO2/c1-9(5-4-8-12)11(13)14-10-6-2-3-7-10/h9-10H,2-8,12H2,1H3. The summed E-state index contributed by atoms with van der Waals surface area (Å²) in [5, 5.41) is 0. The van der Waals surface area contributed by atoms with Crippen molar-refractivity contribution in [3.63, 3.8) is 0 Å². The zero-order chi connectivity index (χ0) is 10.4. The molecule has 1 rings (SSSR count). The number of esters is 1. The van der Waals surface area contributed by atoms with Crippen molar-refractivity contribution < 1.29 is 9.53 Å². The van der Waals surface area contributed by atoms with E-state index in [1.807, 2.05) is 6.92 Å². The third-order valence-corrected chi connectivity index (χ3v) is 2.83. The van der Waals surface area contributed by atoms with Gasteiger partial charge in [0.05, 0.1) is 5.92 Å². The average molecular weight is 199 g/mol. The molecule has 82 valence electrons. The normalized spacial score (nSPS) is 19.6. The first-order valence-corrected chi connectivity index (χ1v) is 5.64. The van der Waals surface area contributed by atoms with E-state index in [9.17, 15) is 4.79 Å². The highest BCUT2D eigenvalue weighted by molar-refractivity contribution is 5.72. The predicted molar refractivity (Wildman–Crippen MR) is 55.8 cm³/mol. The van der Waals surface area contributed by atoms with Crippen LogP contribution in [0.3, 0.4) is 0 Å². The highest BCUT2D eigenvalue weighted by atomic mass is 16.5. The molecule has 14 heavy (non-hydrogen) atoms.